The second-order valence-corrected chi connectivity index (χ2v) is 21.9. The van der Waals surface area contributed by atoms with Gasteiger partial charge in [-0.05, 0) is 0 Å². The lowest BCUT2D eigenvalue weighted by molar-refractivity contribution is -0.391. The number of aliphatic carboxylic acids is 2. The normalized spacial score (nSPS) is 44.6. The summed E-state index contributed by atoms with van der Waals surface area (Å²) in [5.74, 6) is -13.7. The Balaban J connectivity index is 1.43. The Morgan fingerprint density at radius 1 is 0.466 bits per heavy atom. The largest absolute Gasteiger partial charge is 0.477 e. The van der Waals surface area contributed by atoms with Crippen LogP contribution in [-0.2, 0) is 76.1 Å². The molecule has 40 heteroatoms. The maximum Gasteiger partial charge on any atom is 0.364 e. The molecule has 0 aromatic rings. The number of carboxylic acid groups (broad SMARTS) is 2. The van der Waals surface area contributed by atoms with Gasteiger partial charge < -0.3 is 175 Å². The summed E-state index contributed by atoms with van der Waals surface area (Å²) in [5.41, 5.74) is 0. The van der Waals surface area contributed by atoms with Crippen molar-refractivity contribution in [1.29, 1.82) is 0 Å². The Kier molecular flexibility index (Phi) is 25.6. The van der Waals surface area contributed by atoms with Crippen LogP contribution in [0, 0.1) is 0 Å². The van der Waals surface area contributed by atoms with Gasteiger partial charge in [0.05, 0.1) is 63.9 Å². The van der Waals surface area contributed by atoms with Gasteiger partial charge in [-0.15, -0.1) is 0 Å². The van der Waals surface area contributed by atoms with Crippen LogP contribution in [0.2, 0.25) is 0 Å². The molecule has 6 saturated heterocycles. The lowest BCUT2D eigenvalue weighted by Crippen LogP contribution is -2.72. The van der Waals surface area contributed by atoms with Crippen LogP contribution >= 0.6 is 0 Å². The van der Waals surface area contributed by atoms with Crippen LogP contribution < -0.4 is 16.0 Å². The minimum Gasteiger partial charge on any atom is -0.477 e. The predicted molar refractivity (Wildman–Crippen MR) is 268 cm³/mol. The van der Waals surface area contributed by atoms with E-state index in [-0.39, 0.29) is 0 Å². The van der Waals surface area contributed by atoms with Gasteiger partial charge in [0.1, 0.15) is 134 Å². The highest BCUT2D eigenvalue weighted by molar-refractivity contribution is 5.77. The first-order valence-corrected chi connectivity index (χ1v) is 27.4. The third-order valence-corrected chi connectivity index (χ3v) is 15.6. The second kappa shape index (κ2) is 30.7. The van der Waals surface area contributed by atoms with Gasteiger partial charge in [-0.3, -0.25) is 14.4 Å². The SMILES string of the molecule is CC(=O)N[C@H]1[C@H]([C@H](O)[C@H](O)CO)O[C@@](OC[C@H]2OC(O[C@H]3[C@@H](O)[C@@H](CO)OC(O[C@H]4[C@H](O)[C@@H](O)C(O)O[C@@H]4CO)[C@@H]3O)[C@H](NC(C)=O)[C@@H](O[C@@H]3O[C@H](CO)[C@H](O)[C@H](O[C@]4(C(=O)O)C[C@H](O)[C@@H](NC(C)=O)[C@H]([C@H](O)[C@H](O)CO)O4)[C@H]3O)[C@@H]2O)(C(=O)O)C[C@@H]1O. The molecule has 88 heavy (non-hydrogen) atoms. The monoisotopic (exact) mass is 1290 g/mol. The zero-order valence-corrected chi connectivity index (χ0v) is 46.9. The van der Waals surface area contributed by atoms with Crippen molar-refractivity contribution in [3.63, 3.8) is 0 Å². The molecule has 508 valence electrons. The van der Waals surface area contributed by atoms with Crippen LogP contribution in [0.1, 0.15) is 33.6 Å². The van der Waals surface area contributed by atoms with Gasteiger partial charge in [-0.1, -0.05) is 0 Å². The van der Waals surface area contributed by atoms with Crippen LogP contribution in [0.15, 0.2) is 0 Å². The van der Waals surface area contributed by atoms with Crippen molar-refractivity contribution >= 4 is 29.7 Å². The number of ether oxygens (including phenoxy) is 11. The molecule has 3 amide bonds. The van der Waals surface area contributed by atoms with Crippen molar-refractivity contribution in [2.45, 2.75) is 229 Å². The third-order valence-electron chi connectivity index (χ3n) is 15.6. The van der Waals surface area contributed by atoms with Gasteiger partial charge >= 0.3 is 11.9 Å². The number of aliphatic hydroxyl groups is 19. The Morgan fingerprint density at radius 3 is 1.32 bits per heavy atom. The zero-order valence-electron chi connectivity index (χ0n) is 46.9. The van der Waals surface area contributed by atoms with E-state index >= 15 is 0 Å². The topological polar surface area (TPSA) is 648 Å². The molecule has 32 atom stereocenters. The van der Waals surface area contributed by atoms with Crippen LogP contribution in [0.4, 0.5) is 0 Å². The van der Waals surface area contributed by atoms with Crippen molar-refractivity contribution in [1.82, 2.24) is 16.0 Å². The van der Waals surface area contributed by atoms with Gasteiger partial charge in [0.25, 0.3) is 11.6 Å². The van der Waals surface area contributed by atoms with E-state index in [0.29, 0.717) is 0 Å². The molecule has 0 radical (unpaired) electrons. The molecule has 0 aliphatic carbocycles. The van der Waals surface area contributed by atoms with E-state index in [0.717, 1.165) is 20.8 Å². The highest BCUT2D eigenvalue weighted by atomic mass is 16.8. The van der Waals surface area contributed by atoms with E-state index in [1.54, 1.807) is 0 Å². The predicted octanol–water partition coefficient (Wildman–Crippen LogP) is -15.3. The maximum atomic E-state index is 13.3. The molecule has 0 spiro atoms. The van der Waals surface area contributed by atoms with E-state index in [1.807, 2.05) is 0 Å². The van der Waals surface area contributed by atoms with Crippen molar-refractivity contribution in [2.24, 2.45) is 0 Å². The molecule has 0 saturated carbocycles. The Labute approximate surface area is 496 Å². The van der Waals surface area contributed by atoms with Gasteiger partial charge in [0.2, 0.25) is 17.7 Å². The molecule has 24 N–H and O–H groups in total. The standard InChI is InChI=1S/C48H79N3O37/c1-12(57)49-23-15(60)4-47(45(74)75,86-37(23)26(64)17(62)6-52)78-11-22-30(68)36(25(51-14(3)59)42(82-22)85-39-28(66)19(8-54)80-43(33(39)71)83-35-21(10-56)79-41(73)32(70)31(35)69)84-44-34(72)40(29(67)20(9-55)81-44)88-48(46(76)77)5-16(61)24(50-13(2)58)38(87-48)27(65)18(63)7-53/h15-44,52-56,60-73H,4-11H2,1-3H3,(H,49,57)(H,50,58)(H,51,59)(H,74,75)(H,76,77)/t15-,16-,17+,18+,19+,20+,21+,22+,23+,24+,25+,26+,27+,28-,29-,30+,31+,32+,33+,34+,35+,36+,37+,38+,39-,40-,41?,42?,43?,44-,47+,48-/m0/s1. The highest BCUT2D eigenvalue weighted by Gasteiger charge is 2.63. The second-order valence-electron chi connectivity index (χ2n) is 21.9. The summed E-state index contributed by atoms with van der Waals surface area (Å²) in [6, 6.07) is -5.63. The van der Waals surface area contributed by atoms with Gasteiger partial charge in [0.15, 0.2) is 25.2 Å². The molecule has 6 rings (SSSR count). The third kappa shape index (κ3) is 15.8. The summed E-state index contributed by atoms with van der Waals surface area (Å²) < 4.78 is 63.1. The highest BCUT2D eigenvalue weighted by Crippen LogP contribution is 2.41. The number of amides is 3. The average molecular weight is 1290 g/mol. The molecule has 6 aliphatic heterocycles. The fourth-order valence-electron chi connectivity index (χ4n) is 11.0. The summed E-state index contributed by atoms with van der Waals surface area (Å²) in [5, 5.41) is 234. The first kappa shape index (κ1) is 73.2. The first-order chi connectivity index (χ1) is 41.2. The van der Waals surface area contributed by atoms with Crippen molar-refractivity contribution < 1.29 is 183 Å². The zero-order chi connectivity index (χ0) is 65.8. The summed E-state index contributed by atoms with van der Waals surface area (Å²) in [4.78, 5) is 64.1. The van der Waals surface area contributed by atoms with Crippen molar-refractivity contribution in [3.8, 4) is 0 Å². The minimum atomic E-state index is -3.34. The number of nitrogens with one attached hydrogen (secondary N) is 3. The quantitative estimate of drug-likeness (QED) is 0.0404. The number of carbonyl (C=O) groups is 5. The van der Waals surface area contributed by atoms with Crippen LogP contribution in [0.3, 0.4) is 0 Å². The molecule has 0 aromatic carbocycles. The van der Waals surface area contributed by atoms with Gasteiger partial charge in [-0.25, -0.2) is 9.59 Å². The smallest absolute Gasteiger partial charge is 0.364 e. The molecular formula is C48H79N3O37. The number of hydrogen-bond acceptors (Lipinski definition) is 35. The number of aliphatic hydroxyl groups excluding tert-OH is 19. The molecule has 6 aliphatic rings. The average Bonchev–Trinajstić information content (AvgIpc) is 1.87. The van der Waals surface area contributed by atoms with Gasteiger partial charge in [-0.2, -0.15) is 0 Å². The number of hydrogen-bond donors (Lipinski definition) is 24. The van der Waals surface area contributed by atoms with E-state index in [1.165, 1.54) is 0 Å². The first-order valence-electron chi connectivity index (χ1n) is 27.4. The number of rotatable bonds is 25. The number of carboxylic acids is 2. The molecule has 6 heterocycles. The van der Waals surface area contributed by atoms with E-state index in [4.69, 9.17) is 52.1 Å². The van der Waals surface area contributed by atoms with E-state index in [9.17, 15) is 131 Å². The molecule has 6 fully saturated rings. The summed E-state index contributed by atoms with van der Waals surface area (Å²) in [6.07, 6.45) is -62.1. The van der Waals surface area contributed by atoms with Crippen LogP contribution in [-0.4, -0.2) is 372 Å². The molecular weight excluding hydrogens is 1210 g/mol. The lowest BCUT2D eigenvalue weighted by atomic mass is 9.88. The van der Waals surface area contributed by atoms with E-state index < -0.39 is 277 Å². The number of carbonyl (C=O) groups excluding carboxylic acids is 3. The fourth-order valence-corrected chi connectivity index (χ4v) is 11.0. The lowest BCUT2D eigenvalue weighted by Gasteiger charge is -2.52. The summed E-state index contributed by atoms with van der Waals surface area (Å²) in [7, 11) is 0. The van der Waals surface area contributed by atoms with Crippen molar-refractivity contribution in [2.75, 3.05) is 39.6 Å². The van der Waals surface area contributed by atoms with Crippen LogP contribution in [0.25, 0.3) is 0 Å². The van der Waals surface area contributed by atoms with Crippen LogP contribution in [0.5, 0.6) is 0 Å². The maximum absolute atomic E-state index is 13.3. The molecule has 40 nitrogen and oxygen atoms in total. The summed E-state index contributed by atoms with van der Waals surface area (Å²) in [6.45, 7) is -4.43. The van der Waals surface area contributed by atoms with Gasteiger partial charge in [0, 0.05) is 33.6 Å². The molecule has 0 bridgehead atoms. The Hall–Kier alpha value is -3.85. The minimum absolute atomic E-state index is 0.854. The molecule has 0 aromatic heterocycles. The summed E-state index contributed by atoms with van der Waals surface area (Å²) >= 11 is 0. The fraction of sp³-hybridized carbons (Fsp3) is 0.896. The molecule has 3 unspecified atom stereocenters. The van der Waals surface area contributed by atoms with E-state index in [2.05, 4.69) is 16.0 Å². The Morgan fingerprint density at radius 2 is 0.864 bits per heavy atom. The van der Waals surface area contributed by atoms with Crippen molar-refractivity contribution in [3.05, 3.63) is 0 Å². The Bertz CT molecular complexity index is 2320.